The van der Waals surface area contributed by atoms with Gasteiger partial charge in [0.25, 0.3) is 0 Å². The smallest absolute Gasteiger partial charge is 0.244 e. The van der Waals surface area contributed by atoms with Crippen molar-refractivity contribution in [1.29, 1.82) is 0 Å². The summed E-state index contributed by atoms with van der Waals surface area (Å²) in [4.78, 5) is 16.8. The molecule has 0 fully saturated rings. The van der Waals surface area contributed by atoms with E-state index in [4.69, 9.17) is 9.47 Å². The third-order valence-electron chi connectivity index (χ3n) is 4.63. The Balaban J connectivity index is 1.97. The monoisotopic (exact) mass is 467 g/mol. The Morgan fingerprint density at radius 1 is 1.13 bits per heavy atom. The molecule has 0 aliphatic heterocycles. The van der Waals surface area contributed by atoms with Gasteiger partial charge in [-0.25, -0.2) is 13.4 Å². The van der Waals surface area contributed by atoms with Crippen molar-refractivity contribution in [3.8, 4) is 11.5 Å². The summed E-state index contributed by atoms with van der Waals surface area (Å²) in [5.74, 6) is 1.07. The fourth-order valence-corrected chi connectivity index (χ4v) is 5.08. The average molecular weight is 468 g/mol. The van der Waals surface area contributed by atoms with E-state index in [-0.39, 0.29) is 10.8 Å². The van der Waals surface area contributed by atoms with Crippen molar-refractivity contribution in [3.63, 3.8) is 0 Å². The Morgan fingerprint density at radius 3 is 2.35 bits per heavy atom. The van der Waals surface area contributed by atoms with Gasteiger partial charge in [0.1, 0.15) is 4.90 Å². The van der Waals surface area contributed by atoms with Gasteiger partial charge in [-0.05, 0) is 36.8 Å². The van der Waals surface area contributed by atoms with Crippen LogP contribution in [0.3, 0.4) is 0 Å². The highest BCUT2D eigenvalue weighted by Gasteiger charge is 2.22. The largest absolute Gasteiger partial charge is 0.493 e. The van der Waals surface area contributed by atoms with Crippen molar-refractivity contribution in [2.45, 2.75) is 42.5 Å². The highest BCUT2D eigenvalue weighted by Crippen LogP contribution is 2.28. The predicted octanol–water partition coefficient (Wildman–Crippen LogP) is 2.93. The second-order valence-electron chi connectivity index (χ2n) is 6.59. The second-order valence-corrected chi connectivity index (χ2v) is 9.89. The zero-order valence-corrected chi connectivity index (χ0v) is 20.0. The summed E-state index contributed by atoms with van der Waals surface area (Å²) in [6, 6.07) is 8.61. The summed E-state index contributed by atoms with van der Waals surface area (Å²) in [6.45, 7) is 6.50. The SMILES string of the molecule is CCN(CC)S(=O)(=O)c1ccc(SC(C)C(=O)NCc2ccc(OC)c(OC)c2)nc1. The van der Waals surface area contributed by atoms with Crippen LogP contribution in [0.5, 0.6) is 11.5 Å². The highest BCUT2D eigenvalue weighted by molar-refractivity contribution is 8.00. The minimum absolute atomic E-state index is 0.145. The molecule has 0 spiro atoms. The van der Waals surface area contributed by atoms with E-state index in [0.29, 0.717) is 36.2 Å². The maximum atomic E-state index is 12.5. The normalized spacial score (nSPS) is 12.5. The number of methoxy groups -OCH3 is 2. The molecule has 170 valence electrons. The van der Waals surface area contributed by atoms with Gasteiger partial charge in [-0.3, -0.25) is 4.79 Å². The number of carbonyl (C=O) groups is 1. The number of ether oxygens (including phenoxy) is 2. The molecule has 1 amide bonds. The molecule has 2 rings (SSSR count). The topological polar surface area (TPSA) is 97.8 Å². The number of sulfonamides is 1. The first kappa shape index (κ1) is 25.0. The molecule has 1 aromatic heterocycles. The number of hydrogen-bond acceptors (Lipinski definition) is 7. The van der Waals surface area contributed by atoms with Crippen LogP contribution in [0, 0.1) is 0 Å². The zero-order valence-electron chi connectivity index (χ0n) is 18.4. The minimum Gasteiger partial charge on any atom is -0.493 e. The van der Waals surface area contributed by atoms with Gasteiger partial charge < -0.3 is 14.8 Å². The molecular formula is C21H29N3O5S2. The first-order valence-corrected chi connectivity index (χ1v) is 12.2. The molecule has 0 aliphatic carbocycles. The number of hydrogen-bond donors (Lipinski definition) is 1. The predicted molar refractivity (Wildman–Crippen MR) is 121 cm³/mol. The van der Waals surface area contributed by atoms with Gasteiger partial charge in [-0.1, -0.05) is 31.7 Å². The van der Waals surface area contributed by atoms with Crippen LogP contribution in [0.15, 0.2) is 46.5 Å². The minimum atomic E-state index is -3.55. The molecule has 1 heterocycles. The van der Waals surface area contributed by atoms with E-state index in [2.05, 4.69) is 10.3 Å². The van der Waals surface area contributed by atoms with E-state index in [0.717, 1.165) is 5.56 Å². The molecule has 1 unspecified atom stereocenters. The summed E-state index contributed by atoms with van der Waals surface area (Å²) in [7, 11) is -0.422. The van der Waals surface area contributed by atoms with Crippen molar-refractivity contribution in [1.82, 2.24) is 14.6 Å². The van der Waals surface area contributed by atoms with Crippen LogP contribution in [-0.4, -0.2) is 56.2 Å². The van der Waals surface area contributed by atoms with Crippen molar-refractivity contribution in [2.24, 2.45) is 0 Å². The summed E-state index contributed by atoms with van der Waals surface area (Å²) in [5, 5.41) is 3.06. The quantitative estimate of drug-likeness (QED) is 0.508. The number of carbonyl (C=O) groups excluding carboxylic acids is 1. The van der Waals surface area contributed by atoms with Gasteiger partial charge in [0, 0.05) is 25.8 Å². The summed E-state index contributed by atoms with van der Waals surface area (Å²) in [6.07, 6.45) is 1.34. The van der Waals surface area contributed by atoms with E-state index in [1.54, 1.807) is 47.1 Å². The van der Waals surface area contributed by atoms with E-state index >= 15 is 0 Å². The third kappa shape index (κ3) is 6.34. The molecule has 0 aliphatic rings. The Hall–Kier alpha value is -2.30. The van der Waals surface area contributed by atoms with Crippen LogP contribution in [0.25, 0.3) is 0 Å². The molecule has 2 aromatic rings. The number of pyridine rings is 1. The lowest BCUT2D eigenvalue weighted by molar-refractivity contribution is -0.120. The Labute approximate surface area is 188 Å². The fourth-order valence-electron chi connectivity index (χ4n) is 2.86. The maximum Gasteiger partial charge on any atom is 0.244 e. The summed E-state index contributed by atoms with van der Waals surface area (Å²) < 4.78 is 36.9. The number of nitrogens with one attached hydrogen (secondary N) is 1. The number of aromatic nitrogens is 1. The van der Waals surface area contributed by atoms with Crippen LogP contribution in [0.4, 0.5) is 0 Å². The molecule has 1 N–H and O–H groups in total. The van der Waals surface area contributed by atoms with Crippen molar-refractivity contribution < 1.29 is 22.7 Å². The Kier molecular flexibility index (Phi) is 9.15. The first-order valence-electron chi connectivity index (χ1n) is 9.88. The van der Waals surface area contributed by atoms with Gasteiger partial charge in [-0.15, -0.1) is 0 Å². The van der Waals surface area contributed by atoms with Crippen LogP contribution < -0.4 is 14.8 Å². The summed E-state index contributed by atoms with van der Waals surface area (Å²) >= 11 is 1.26. The van der Waals surface area contributed by atoms with Crippen molar-refractivity contribution in [3.05, 3.63) is 42.1 Å². The molecule has 10 heteroatoms. The standard InChI is InChI=1S/C21H29N3O5S2/c1-6-24(7-2)31(26,27)17-9-11-20(22-14-17)30-15(3)21(25)23-13-16-8-10-18(28-4)19(12-16)29-5/h8-12,14-15H,6-7,13H2,1-5H3,(H,23,25). The number of amides is 1. The second kappa shape index (κ2) is 11.4. The number of thioether (sulfide) groups is 1. The maximum absolute atomic E-state index is 12.5. The lowest BCUT2D eigenvalue weighted by Crippen LogP contribution is -2.31. The molecular weight excluding hydrogens is 438 g/mol. The molecule has 0 saturated heterocycles. The third-order valence-corrected chi connectivity index (χ3v) is 7.72. The van der Waals surface area contributed by atoms with Crippen molar-refractivity contribution >= 4 is 27.7 Å². The van der Waals surface area contributed by atoms with Gasteiger partial charge in [0.15, 0.2) is 11.5 Å². The first-order chi connectivity index (χ1) is 14.8. The molecule has 1 aromatic carbocycles. The van der Waals surface area contributed by atoms with E-state index in [1.165, 1.54) is 28.3 Å². The van der Waals surface area contributed by atoms with Gasteiger partial charge in [-0.2, -0.15) is 4.31 Å². The van der Waals surface area contributed by atoms with Crippen LogP contribution in [0.1, 0.15) is 26.3 Å². The number of benzene rings is 1. The van der Waals surface area contributed by atoms with E-state index < -0.39 is 15.3 Å². The zero-order chi connectivity index (χ0) is 23.0. The molecule has 0 bridgehead atoms. The number of rotatable bonds is 11. The van der Waals surface area contributed by atoms with Crippen LogP contribution in [0.2, 0.25) is 0 Å². The molecule has 1 atom stereocenters. The van der Waals surface area contributed by atoms with Crippen molar-refractivity contribution in [2.75, 3.05) is 27.3 Å². The lowest BCUT2D eigenvalue weighted by atomic mass is 10.2. The molecule has 31 heavy (non-hydrogen) atoms. The van der Waals surface area contributed by atoms with Gasteiger partial charge >= 0.3 is 0 Å². The average Bonchev–Trinajstić information content (AvgIpc) is 2.78. The molecule has 0 radical (unpaired) electrons. The van der Waals surface area contributed by atoms with E-state index in [9.17, 15) is 13.2 Å². The molecule has 8 nitrogen and oxygen atoms in total. The fraction of sp³-hybridized carbons (Fsp3) is 0.429. The Bertz CT molecular complexity index is 977. The van der Waals surface area contributed by atoms with Crippen LogP contribution >= 0.6 is 11.8 Å². The van der Waals surface area contributed by atoms with Crippen LogP contribution in [-0.2, 0) is 21.4 Å². The summed E-state index contributed by atoms with van der Waals surface area (Å²) in [5.41, 5.74) is 0.882. The van der Waals surface area contributed by atoms with Gasteiger partial charge in [0.05, 0.1) is 24.5 Å². The number of nitrogens with zero attached hydrogens (tertiary/aromatic N) is 2. The lowest BCUT2D eigenvalue weighted by Gasteiger charge is -2.18. The highest BCUT2D eigenvalue weighted by atomic mass is 32.2. The van der Waals surface area contributed by atoms with Gasteiger partial charge in [0.2, 0.25) is 15.9 Å². The Morgan fingerprint density at radius 2 is 1.81 bits per heavy atom. The molecule has 0 saturated carbocycles. The van der Waals surface area contributed by atoms with E-state index in [1.807, 2.05) is 12.1 Å².